The molecule has 0 spiro atoms. The Hall–Kier alpha value is -1.30. The molecule has 0 aliphatic rings. The summed E-state index contributed by atoms with van der Waals surface area (Å²) in [5.41, 5.74) is 1.15. The molecular weight excluding hydrogens is 262 g/mol. The average molecular weight is 272 g/mol. The highest BCUT2D eigenvalue weighted by Gasteiger charge is 2.05. The van der Waals surface area contributed by atoms with Crippen LogP contribution in [0.15, 0.2) is 17.1 Å². The molecule has 80 valence electrons. The zero-order valence-electron chi connectivity index (χ0n) is 8.16. The van der Waals surface area contributed by atoms with E-state index < -0.39 is 0 Å². The molecule has 0 bridgehead atoms. The van der Waals surface area contributed by atoms with Gasteiger partial charge in [0.25, 0.3) is 0 Å². The summed E-state index contributed by atoms with van der Waals surface area (Å²) >= 11 is 3.26. The molecule has 0 aliphatic carbocycles. The van der Waals surface area contributed by atoms with E-state index in [0.717, 1.165) is 5.33 Å². The molecule has 5 nitrogen and oxygen atoms in total. The van der Waals surface area contributed by atoms with E-state index in [1.807, 2.05) is 0 Å². The normalized spacial score (nSPS) is 10.8. The number of hydrogen-bond donors (Lipinski definition) is 1. The zero-order chi connectivity index (χ0) is 10.8. The molecule has 0 amide bonds. The molecular formula is C9H10BrN3O2. The second-order valence-corrected chi connectivity index (χ2v) is 3.86. The fourth-order valence-electron chi connectivity index (χ4n) is 1.33. The molecule has 1 N–H and O–H groups in total. The number of H-pyrrole nitrogens is 1. The van der Waals surface area contributed by atoms with E-state index in [2.05, 4.69) is 25.9 Å². The van der Waals surface area contributed by atoms with Crippen LogP contribution in [0.5, 0.6) is 5.75 Å². The lowest BCUT2D eigenvalue weighted by Gasteiger charge is -2.02. The third-order valence-electron chi connectivity index (χ3n) is 2.05. The van der Waals surface area contributed by atoms with E-state index in [9.17, 15) is 4.79 Å². The number of ether oxygens (including phenoxy) is 1. The number of aromatic nitrogens is 3. The van der Waals surface area contributed by atoms with Gasteiger partial charge in [0.05, 0.1) is 18.3 Å². The fraction of sp³-hybridized carbons (Fsp3) is 0.333. The molecule has 15 heavy (non-hydrogen) atoms. The Morgan fingerprint density at radius 1 is 1.67 bits per heavy atom. The molecule has 0 unspecified atom stereocenters. The lowest BCUT2D eigenvalue weighted by molar-refractivity contribution is 0.344. The Labute approximate surface area is 94.2 Å². The summed E-state index contributed by atoms with van der Waals surface area (Å²) in [6.07, 6.45) is 1.61. The maximum absolute atomic E-state index is 11.3. The Bertz CT molecular complexity index is 532. The monoisotopic (exact) mass is 271 g/mol. The van der Waals surface area contributed by atoms with Crippen molar-refractivity contribution in [3.63, 3.8) is 0 Å². The number of alkyl halides is 1. The third kappa shape index (κ3) is 1.90. The van der Waals surface area contributed by atoms with E-state index in [0.29, 0.717) is 23.5 Å². The highest BCUT2D eigenvalue weighted by molar-refractivity contribution is 9.09. The van der Waals surface area contributed by atoms with Crippen molar-refractivity contribution in [3.8, 4) is 5.75 Å². The van der Waals surface area contributed by atoms with Crippen molar-refractivity contribution in [2.24, 2.45) is 7.05 Å². The molecule has 2 rings (SSSR count). The molecule has 0 fully saturated rings. The maximum atomic E-state index is 11.3. The highest BCUT2D eigenvalue weighted by Crippen LogP contribution is 2.14. The van der Waals surface area contributed by atoms with Gasteiger partial charge < -0.3 is 9.72 Å². The first-order valence-electron chi connectivity index (χ1n) is 4.46. The van der Waals surface area contributed by atoms with Gasteiger partial charge in [-0.3, -0.25) is 4.57 Å². The van der Waals surface area contributed by atoms with Gasteiger partial charge in [0.2, 0.25) is 0 Å². The lowest BCUT2D eigenvalue weighted by Crippen LogP contribution is -2.12. The summed E-state index contributed by atoms with van der Waals surface area (Å²) in [6, 6.07) is 1.77. The van der Waals surface area contributed by atoms with Crippen molar-refractivity contribution < 1.29 is 4.74 Å². The van der Waals surface area contributed by atoms with E-state index >= 15 is 0 Å². The Balaban J connectivity index is 2.43. The van der Waals surface area contributed by atoms with Crippen LogP contribution < -0.4 is 10.4 Å². The van der Waals surface area contributed by atoms with Gasteiger partial charge in [0.1, 0.15) is 5.75 Å². The van der Waals surface area contributed by atoms with Crippen molar-refractivity contribution in [2.75, 3.05) is 11.9 Å². The Morgan fingerprint density at radius 2 is 2.47 bits per heavy atom. The quantitative estimate of drug-likeness (QED) is 0.849. The van der Waals surface area contributed by atoms with Crippen LogP contribution in [0.25, 0.3) is 11.2 Å². The summed E-state index contributed by atoms with van der Waals surface area (Å²) in [6.45, 7) is 0.574. The van der Waals surface area contributed by atoms with Crippen molar-refractivity contribution in [1.29, 1.82) is 0 Å². The number of nitrogens with one attached hydrogen (secondary N) is 1. The van der Waals surface area contributed by atoms with Crippen LogP contribution in [-0.4, -0.2) is 26.5 Å². The van der Waals surface area contributed by atoms with E-state index in [1.165, 1.54) is 4.57 Å². The van der Waals surface area contributed by atoms with E-state index in [1.54, 1.807) is 19.3 Å². The summed E-state index contributed by atoms with van der Waals surface area (Å²) in [5.74, 6) is 0.656. The molecule has 0 aliphatic heterocycles. The fourth-order valence-corrected chi connectivity index (χ4v) is 1.49. The zero-order valence-corrected chi connectivity index (χ0v) is 9.74. The van der Waals surface area contributed by atoms with Crippen LogP contribution in [0.3, 0.4) is 0 Å². The van der Waals surface area contributed by atoms with Crippen LogP contribution >= 0.6 is 15.9 Å². The summed E-state index contributed by atoms with van der Waals surface area (Å²) in [7, 11) is 1.67. The number of pyridine rings is 1. The van der Waals surface area contributed by atoms with Crippen LogP contribution in [0, 0.1) is 0 Å². The van der Waals surface area contributed by atoms with Crippen LogP contribution in [0.2, 0.25) is 0 Å². The van der Waals surface area contributed by atoms with Gasteiger partial charge in [-0.1, -0.05) is 15.9 Å². The van der Waals surface area contributed by atoms with Crippen molar-refractivity contribution in [3.05, 3.63) is 22.7 Å². The Kier molecular flexibility index (Phi) is 2.77. The molecule has 0 saturated carbocycles. The topological polar surface area (TPSA) is 59.9 Å². The van der Waals surface area contributed by atoms with Gasteiger partial charge in [-0.15, -0.1) is 0 Å². The highest BCUT2D eigenvalue weighted by atomic mass is 79.9. The number of hydrogen-bond acceptors (Lipinski definition) is 3. The first kappa shape index (κ1) is 10.2. The number of halogens is 1. The van der Waals surface area contributed by atoms with Gasteiger partial charge in [-0.25, -0.2) is 9.78 Å². The van der Waals surface area contributed by atoms with Crippen molar-refractivity contribution >= 4 is 27.1 Å². The lowest BCUT2D eigenvalue weighted by atomic mass is 10.4. The maximum Gasteiger partial charge on any atom is 0.327 e. The van der Waals surface area contributed by atoms with E-state index in [-0.39, 0.29) is 5.69 Å². The average Bonchev–Trinajstić information content (AvgIpc) is 2.52. The number of nitrogens with zero attached hydrogens (tertiary/aromatic N) is 2. The van der Waals surface area contributed by atoms with Gasteiger partial charge in [-0.05, 0) is 0 Å². The number of fused-ring (bicyclic) bond motifs is 1. The summed E-state index contributed by atoms with van der Waals surface area (Å²) in [4.78, 5) is 18.1. The first-order valence-corrected chi connectivity index (χ1v) is 5.58. The predicted molar refractivity (Wildman–Crippen MR) is 60.6 cm³/mol. The largest absolute Gasteiger partial charge is 0.491 e. The smallest absolute Gasteiger partial charge is 0.327 e. The SMILES string of the molecule is Cn1c(=O)[nH]c2cc(OCCBr)cnc21. The first-order chi connectivity index (χ1) is 7.22. The molecule has 0 aromatic carbocycles. The number of rotatable bonds is 3. The molecule has 6 heteroatoms. The molecule has 0 saturated heterocycles. The third-order valence-corrected chi connectivity index (χ3v) is 2.38. The van der Waals surface area contributed by atoms with Gasteiger partial charge in [0.15, 0.2) is 5.65 Å². The summed E-state index contributed by atoms with van der Waals surface area (Å²) < 4.78 is 6.83. The van der Waals surface area contributed by atoms with Crippen molar-refractivity contribution in [2.45, 2.75) is 0 Å². The summed E-state index contributed by atoms with van der Waals surface area (Å²) in [5, 5.41) is 0.760. The minimum absolute atomic E-state index is 0.171. The van der Waals surface area contributed by atoms with Crippen LogP contribution in [-0.2, 0) is 7.05 Å². The Morgan fingerprint density at radius 3 is 3.20 bits per heavy atom. The minimum Gasteiger partial charge on any atom is -0.491 e. The van der Waals surface area contributed by atoms with Gasteiger partial charge in [0, 0.05) is 18.4 Å². The molecule has 2 aromatic heterocycles. The van der Waals surface area contributed by atoms with Crippen LogP contribution in [0.4, 0.5) is 0 Å². The minimum atomic E-state index is -0.171. The number of aryl methyl sites for hydroxylation is 1. The number of imidazole rings is 1. The standard InChI is InChI=1S/C9H10BrN3O2/c1-13-8-7(12-9(13)14)4-6(5-11-8)15-3-2-10/h4-5H,2-3H2,1H3,(H,12,14). The van der Waals surface area contributed by atoms with E-state index in [4.69, 9.17) is 4.74 Å². The number of aromatic amines is 1. The van der Waals surface area contributed by atoms with Crippen LogP contribution in [0.1, 0.15) is 0 Å². The second-order valence-electron chi connectivity index (χ2n) is 3.07. The predicted octanol–water partition coefficient (Wildman–Crippen LogP) is 1.04. The molecule has 2 aromatic rings. The molecule has 0 atom stereocenters. The van der Waals surface area contributed by atoms with Crippen molar-refractivity contribution in [1.82, 2.24) is 14.5 Å². The van der Waals surface area contributed by atoms with Gasteiger partial charge >= 0.3 is 5.69 Å². The van der Waals surface area contributed by atoms with Gasteiger partial charge in [-0.2, -0.15) is 0 Å². The molecule has 0 radical (unpaired) electrons. The second kappa shape index (κ2) is 4.06. The molecule has 2 heterocycles.